The third kappa shape index (κ3) is 5.78. The molecule has 31 heavy (non-hydrogen) atoms. The van der Waals surface area contributed by atoms with E-state index in [9.17, 15) is 30.8 Å². The van der Waals surface area contributed by atoms with E-state index in [-0.39, 0.29) is 43.7 Å². The van der Waals surface area contributed by atoms with Gasteiger partial charge in [-0.3, -0.25) is 4.79 Å². The molecule has 1 aliphatic rings. The second-order valence-electron chi connectivity index (χ2n) is 6.90. The van der Waals surface area contributed by atoms with Gasteiger partial charge in [0.25, 0.3) is 0 Å². The topological polar surface area (TPSA) is 57.7 Å². The molecule has 2 aromatic carbocycles. The molecule has 2 aromatic rings. The van der Waals surface area contributed by atoms with Crippen LogP contribution in [0.4, 0.5) is 17.6 Å². The van der Waals surface area contributed by atoms with Gasteiger partial charge in [0.1, 0.15) is 5.82 Å². The van der Waals surface area contributed by atoms with Gasteiger partial charge in [0, 0.05) is 31.9 Å². The summed E-state index contributed by atoms with van der Waals surface area (Å²) in [6.07, 6.45) is -4.79. The highest BCUT2D eigenvalue weighted by Crippen LogP contribution is 2.35. The van der Waals surface area contributed by atoms with Gasteiger partial charge < -0.3 is 4.90 Å². The zero-order valence-electron chi connectivity index (χ0n) is 16.3. The maximum absolute atomic E-state index is 13.2. The molecule has 1 amide bonds. The Bertz CT molecular complexity index is 1020. The molecule has 1 aliphatic heterocycles. The standard InChI is InChI=1S/C20H20F4N2O3S2/c21-16-7-5-15(6-8-16)13-30-14-19(27)25-9-11-26(12-10-25)31(28,29)18-4-2-1-3-17(18)20(22,23)24/h1-8H,9-14H2. The number of piperazine rings is 1. The van der Waals surface area contributed by atoms with Crippen molar-refractivity contribution in [3.63, 3.8) is 0 Å². The molecule has 0 N–H and O–H groups in total. The first-order chi connectivity index (χ1) is 14.6. The summed E-state index contributed by atoms with van der Waals surface area (Å²) in [5, 5.41) is 0. The maximum atomic E-state index is 13.2. The van der Waals surface area contributed by atoms with Crippen LogP contribution >= 0.6 is 11.8 Å². The lowest BCUT2D eigenvalue weighted by Gasteiger charge is -2.34. The Morgan fingerprint density at radius 2 is 1.58 bits per heavy atom. The largest absolute Gasteiger partial charge is 0.417 e. The van der Waals surface area contributed by atoms with Gasteiger partial charge in [-0.1, -0.05) is 24.3 Å². The Morgan fingerprint density at radius 3 is 2.19 bits per heavy atom. The normalized spacial score (nSPS) is 15.8. The molecule has 0 bridgehead atoms. The van der Waals surface area contributed by atoms with Crippen LogP contribution in [-0.2, 0) is 26.7 Å². The molecule has 0 radical (unpaired) electrons. The quantitative estimate of drug-likeness (QED) is 0.598. The Kier molecular flexibility index (Phi) is 7.28. The highest BCUT2D eigenvalue weighted by atomic mass is 32.2. The lowest BCUT2D eigenvalue weighted by atomic mass is 10.2. The van der Waals surface area contributed by atoms with Crippen molar-refractivity contribution in [2.75, 3.05) is 31.9 Å². The summed E-state index contributed by atoms with van der Waals surface area (Å²) in [5.74, 6) is 0.172. The minimum absolute atomic E-state index is 0.0805. The number of rotatable bonds is 6. The van der Waals surface area contributed by atoms with Crippen molar-refractivity contribution in [3.05, 3.63) is 65.5 Å². The number of carbonyl (C=O) groups excluding carboxylic acids is 1. The first kappa shape index (κ1) is 23.6. The SMILES string of the molecule is O=C(CSCc1ccc(F)cc1)N1CCN(S(=O)(=O)c2ccccc2C(F)(F)F)CC1. The van der Waals surface area contributed by atoms with Crippen molar-refractivity contribution in [2.24, 2.45) is 0 Å². The number of amides is 1. The molecule has 1 heterocycles. The average molecular weight is 477 g/mol. The monoisotopic (exact) mass is 476 g/mol. The third-order valence-corrected chi connectivity index (χ3v) is 7.75. The van der Waals surface area contributed by atoms with Crippen molar-refractivity contribution in [1.82, 2.24) is 9.21 Å². The summed E-state index contributed by atoms with van der Waals surface area (Å²) >= 11 is 1.35. The van der Waals surface area contributed by atoms with Crippen LogP contribution in [0.2, 0.25) is 0 Å². The van der Waals surface area contributed by atoms with Crippen molar-refractivity contribution in [1.29, 1.82) is 0 Å². The van der Waals surface area contributed by atoms with Gasteiger partial charge in [-0.05, 0) is 29.8 Å². The van der Waals surface area contributed by atoms with Gasteiger partial charge >= 0.3 is 6.18 Å². The van der Waals surface area contributed by atoms with E-state index in [1.807, 2.05) is 0 Å². The molecule has 11 heteroatoms. The molecule has 3 rings (SSSR count). The maximum Gasteiger partial charge on any atom is 0.417 e. The van der Waals surface area contributed by atoms with Crippen LogP contribution in [0.15, 0.2) is 53.4 Å². The summed E-state index contributed by atoms with van der Waals surface area (Å²) in [6.45, 7) is 0.0402. The summed E-state index contributed by atoms with van der Waals surface area (Å²) in [5.41, 5.74) is -0.329. The fourth-order valence-corrected chi connectivity index (χ4v) is 5.69. The summed E-state index contributed by atoms with van der Waals surface area (Å²) in [6, 6.07) is 10.0. The van der Waals surface area contributed by atoms with Gasteiger partial charge in [-0.2, -0.15) is 17.5 Å². The van der Waals surface area contributed by atoms with Gasteiger partial charge in [0.15, 0.2) is 0 Å². The van der Waals surface area contributed by atoms with Gasteiger partial charge in [0.05, 0.1) is 16.2 Å². The number of benzene rings is 2. The number of hydrogen-bond acceptors (Lipinski definition) is 4. The molecule has 0 aliphatic carbocycles. The van der Waals surface area contributed by atoms with E-state index in [1.54, 1.807) is 12.1 Å². The van der Waals surface area contributed by atoms with Crippen LogP contribution in [-0.4, -0.2) is 55.5 Å². The minimum Gasteiger partial charge on any atom is -0.339 e. The number of alkyl halides is 3. The summed E-state index contributed by atoms with van der Waals surface area (Å²) < 4.78 is 79.1. The lowest BCUT2D eigenvalue weighted by Crippen LogP contribution is -2.51. The second-order valence-corrected chi connectivity index (χ2v) is 9.79. The highest BCUT2D eigenvalue weighted by molar-refractivity contribution is 7.99. The first-order valence-corrected chi connectivity index (χ1v) is 11.9. The van der Waals surface area contributed by atoms with Crippen LogP contribution in [0.25, 0.3) is 0 Å². The zero-order valence-corrected chi connectivity index (χ0v) is 17.9. The van der Waals surface area contributed by atoms with E-state index in [0.29, 0.717) is 5.75 Å². The molecular weight excluding hydrogens is 456 g/mol. The fourth-order valence-electron chi connectivity index (χ4n) is 3.17. The number of halogens is 4. The number of thioether (sulfide) groups is 1. The molecule has 0 unspecified atom stereocenters. The average Bonchev–Trinajstić information content (AvgIpc) is 2.74. The summed E-state index contributed by atoms with van der Waals surface area (Å²) in [7, 11) is -4.34. The fraction of sp³-hybridized carbons (Fsp3) is 0.350. The van der Waals surface area contributed by atoms with Gasteiger partial charge in [0.2, 0.25) is 15.9 Å². The number of carbonyl (C=O) groups is 1. The Hall–Kier alpha value is -2.11. The Morgan fingerprint density at radius 1 is 0.968 bits per heavy atom. The molecule has 0 atom stereocenters. The van der Waals surface area contributed by atoms with Crippen molar-refractivity contribution < 1.29 is 30.8 Å². The van der Waals surface area contributed by atoms with Crippen LogP contribution in [0.1, 0.15) is 11.1 Å². The second kappa shape index (κ2) is 9.58. The van der Waals surface area contributed by atoms with Crippen molar-refractivity contribution in [2.45, 2.75) is 16.8 Å². The van der Waals surface area contributed by atoms with E-state index in [2.05, 4.69) is 0 Å². The molecule has 1 fully saturated rings. The number of nitrogens with zero attached hydrogens (tertiary/aromatic N) is 2. The highest BCUT2D eigenvalue weighted by Gasteiger charge is 2.39. The van der Waals surface area contributed by atoms with Crippen LogP contribution in [0, 0.1) is 5.82 Å². The predicted molar refractivity (Wildman–Crippen MR) is 109 cm³/mol. The lowest BCUT2D eigenvalue weighted by molar-refractivity contribution is -0.139. The van der Waals surface area contributed by atoms with E-state index >= 15 is 0 Å². The zero-order chi connectivity index (χ0) is 22.6. The van der Waals surface area contributed by atoms with Gasteiger partial charge in [-0.25, -0.2) is 12.8 Å². The smallest absolute Gasteiger partial charge is 0.339 e. The van der Waals surface area contributed by atoms with Crippen molar-refractivity contribution in [3.8, 4) is 0 Å². The van der Waals surface area contributed by atoms with Gasteiger partial charge in [-0.15, -0.1) is 11.8 Å². The number of hydrogen-bond donors (Lipinski definition) is 0. The van der Waals surface area contributed by atoms with Crippen LogP contribution in [0.3, 0.4) is 0 Å². The summed E-state index contributed by atoms with van der Waals surface area (Å²) in [4.78, 5) is 13.1. The molecule has 5 nitrogen and oxygen atoms in total. The third-order valence-electron chi connectivity index (χ3n) is 4.81. The molecule has 1 saturated heterocycles. The first-order valence-electron chi connectivity index (χ1n) is 9.35. The minimum atomic E-state index is -4.79. The Labute approximate surface area is 182 Å². The van der Waals surface area contributed by atoms with Crippen LogP contribution in [0.5, 0.6) is 0 Å². The van der Waals surface area contributed by atoms with E-state index in [4.69, 9.17) is 0 Å². The van der Waals surface area contributed by atoms with Crippen molar-refractivity contribution >= 4 is 27.7 Å². The molecule has 0 aromatic heterocycles. The number of sulfonamides is 1. The van der Waals surface area contributed by atoms with E-state index < -0.39 is 26.7 Å². The molecule has 0 spiro atoms. The van der Waals surface area contributed by atoms with E-state index in [1.165, 1.54) is 34.9 Å². The predicted octanol–water partition coefficient (Wildman–Crippen LogP) is 3.61. The molecule has 168 valence electrons. The van der Waals surface area contributed by atoms with Crippen LogP contribution < -0.4 is 0 Å². The molecule has 0 saturated carbocycles. The Balaban J connectivity index is 1.56. The molecular formula is C20H20F4N2O3S2. The van der Waals surface area contributed by atoms with E-state index in [0.717, 1.165) is 28.1 Å².